The van der Waals surface area contributed by atoms with Crippen molar-refractivity contribution in [3.05, 3.63) is 47.5 Å². The maximum absolute atomic E-state index is 4.59. The molecule has 25 heavy (non-hydrogen) atoms. The number of hydrogen-bond acceptors (Lipinski definition) is 4. The van der Waals surface area contributed by atoms with Crippen LogP contribution >= 0.6 is 0 Å². The van der Waals surface area contributed by atoms with Crippen molar-refractivity contribution in [1.82, 2.24) is 19.9 Å². The van der Waals surface area contributed by atoms with Gasteiger partial charge in [0.1, 0.15) is 5.65 Å². The van der Waals surface area contributed by atoms with Gasteiger partial charge >= 0.3 is 0 Å². The van der Waals surface area contributed by atoms with Gasteiger partial charge in [-0.15, -0.1) is 0 Å². The second kappa shape index (κ2) is 6.67. The molecule has 3 heterocycles. The van der Waals surface area contributed by atoms with Crippen LogP contribution in [-0.4, -0.2) is 26.5 Å². The van der Waals surface area contributed by atoms with Crippen molar-refractivity contribution in [2.24, 2.45) is 5.41 Å². The molecule has 0 saturated heterocycles. The third kappa shape index (κ3) is 4.05. The molecule has 0 aliphatic carbocycles. The van der Waals surface area contributed by atoms with E-state index in [2.05, 4.69) is 65.9 Å². The molecule has 3 aromatic rings. The largest absolute Gasteiger partial charge is 0.354 e. The number of aromatic nitrogens is 4. The Hall–Kier alpha value is -2.69. The summed E-state index contributed by atoms with van der Waals surface area (Å²) in [5.41, 5.74) is 5.62. The van der Waals surface area contributed by atoms with Crippen LogP contribution in [-0.2, 0) is 0 Å². The molecule has 0 fully saturated rings. The molecule has 0 amide bonds. The summed E-state index contributed by atoms with van der Waals surface area (Å²) in [6.45, 7) is 11.6. The zero-order valence-corrected chi connectivity index (χ0v) is 15.5. The summed E-state index contributed by atoms with van der Waals surface area (Å²) < 4.78 is 0. The molecule has 5 heteroatoms. The number of rotatable bonds is 4. The van der Waals surface area contributed by atoms with E-state index in [0.29, 0.717) is 5.95 Å². The van der Waals surface area contributed by atoms with Gasteiger partial charge in [-0.25, -0.2) is 4.98 Å². The van der Waals surface area contributed by atoms with Crippen molar-refractivity contribution in [1.29, 1.82) is 0 Å². The second-order valence-electron chi connectivity index (χ2n) is 7.63. The summed E-state index contributed by atoms with van der Waals surface area (Å²) in [5.74, 6) is 0.653. The van der Waals surface area contributed by atoms with Gasteiger partial charge in [-0.05, 0) is 48.1 Å². The highest BCUT2D eigenvalue weighted by Crippen LogP contribution is 2.26. The fourth-order valence-electron chi connectivity index (χ4n) is 2.60. The van der Waals surface area contributed by atoms with Crippen LogP contribution in [0.3, 0.4) is 0 Å². The van der Waals surface area contributed by atoms with Crippen molar-refractivity contribution < 1.29 is 0 Å². The van der Waals surface area contributed by atoms with Crippen LogP contribution in [0.2, 0.25) is 0 Å². The molecule has 3 rings (SSSR count). The number of fused-ring (bicyclic) bond motifs is 1. The van der Waals surface area contributed by atoms with Crippen LogP contribution in [0, 0.1) is 12.3 Å². The molecule has 0 spiro atoms. The van der Waals surface area contributed by atoms with E-state index in [1.807, 2.05) is 30.9 Å². The Morgan fingerprint density at radius 1 is 1.28 bits per heavy atom. The number of pyridine rings is 1. The molecule has 0 radical (unpaired) electrons. The summed E-state index contributed by atoms with van der Waals surface area (Å²) in [5, 5.41) is 4.32. The maximum Gasteiger partial charge on any atom is 0.224 e. The fourth-order valence-corrected chi connectivity index (χ4v) is 2.60. The molecule has 0 unspecified atom stereocenters. The molecule has 0 atom stereocenters. The summed E-state index contributed by atoms with van der Waals surface area (Å²) in [7, 11) is 0. The lowest BCUT2D eigenvalue weighted by Crippen LogP contribution is -2.20. The lowest BCUT2D eigenvalue weighted by atomic mass is 9.97. The van der Waals surface area contributed by atoms with Crippen molar-refractivity contribution in [2.45, 2.75) is 34.6 Å². The Labute approximate surface area is 148 Å². The number of nitrogens with one attached hydrogen (secondary N) is 2. The van der Waals surface area contributed by atoms with Crippen molar-refractivity contribution >= 4 is 28.6 Å². The van der Waals surface area contributed by atoms with Crippen LogP contribution in [0.4, 0.5) is 5.95 Å². The van der Waals surface area contributed by atoms with Crippen molar-refractivity contribution in [2.75, 3.05) is 11.9 Å². The first-order valence-electron chi connectivity index (χ1n) is 8.51. The summed E-state index contributed by atoms with van der Waals surface area (Å²) in [6, 6.07) is 2.02. The van der Waals surface area contributed by atoms with Gasteiger partial charge in [0.05, 0.1) is 0 Å². The van der Waals surface area contributed by atoms with Gasteiger partial charge < -0.3 is 10.3 Å². The van der Waals surface area contributed by atoms with E-state index < -0.39 is 0 Å². The molecular weight excluding hydrogens is 310 g/mol. The summed E-state index contributed by atoms with van der Waals surface area (Å²) in [6.07, 6.45) is 9.72. The van der Waals surface area contributed by atoms with Gasteiger partial charge in [0.15, 0.2) is 0 Å². The predicted molar refractivity (Wildman–Crippen MR) is 104 cm³/mol. The Balaban J connectivity index is 1.89. The molecule has 2 N–H and O–H groups in total. The SMILES string of the molecule is C/C(=C\c1cnccc1C)c1c[nH]c2nc(NCC(C)(C)C)ncc12. The minimum atomic E-state index is 0.181. The molecule has 130 valence electrons. The average molecular weight is 335 g/mol. The Bertz CT molecular complexity index is 915. The Morgan fingerprint density at radius 3 is 2.80 bits per heavy atom. The number of allylic oxidation sites excluding steroid dienone is 1. The minimum Gasteiger partial charge on any atom is -0.354 e. The third-order valence-electron chi connectivity index (χ3n) is 4.09. The lowest BCUT2D eigenvalue weighted by molar-refractivity contribution is 0.442. The number of H-pyrrole nitrogens is 1. The molecule has 3 aromatic heterocycles. The first-order valence-corrected chi connectivity index (χ1v) is 8.51. The minimum absolute atomic E-state index is 0.181. The Morgan fingerprint density at radius 2 is 2.08 bits per heavy atom. The zero-order chi connectivity index (χ0) is 18.0. The van der Waals surface area contributed by atoms with Gasteiger partial charge in [0.25, 0.3) is 0 Å². The average Bonchev–Trinajstić information content (AvgIpc) is 2.97. The topological polar surface area (TPSA) is 66.5 Å². The fraction of sp³-hybridized carbons (Fsp3) is 0.350. The van der Waals surface area contributed by atoms with E-state index in [1.54, 1.807) is 0 Å². The number of hydrogen-bond donors (Lipinski definition) is 2. The molecule has 0 saturated carbocycles. The normalized spacial score (nSPS) is 12.6. The highest BCUT2D eigenvalue weighted by atomic mass is 15.1. The quantitative estimate of drug-likeness (QED) is 0.726. The third-order valence-corrected chi connectivity index (χ3v) is 4.09. The molecular formula is C20H25N5. The van der Waals surface area contributed by atoms with Crippen LogP contribution < -0.4 is 5.32 Å². The number of aromatic amines is 1. The smallest absolute Gasteiger partial charge is 0.224 e. The van der Waals surface area contributed by atoms with Gasteiger partial charge in [-0.2, -0.15) is 4.98 Å². The summed E-state index contributed by atoms with van der Waals surface area (Å²) >= 11 is 0. The van der Waals surface area contributed by atoms with E-state index in [-0.39, 0.29) is 5.41 Å². The van der Waals surface area contributed by atoms with Crippen LogP contribution in [0.25, 0.3) is 22.7 Å². The number of anilines is 1. The zero-order valence-electron chi connectivity index (χ0n) is 15.5. The predicted octanol–water partition coefficient (Wildman–Crippen LogP) is 4.68. The second-order valence-corrected chi connectivity index (χ2v) is 7.63. The van der Waals surface area contributed by atoms with E-state index in [0.717, 1.165) is 34.3 Å². The molecule has 5 nitrogen and oxygen atoms in total. The number of aryl methyl sites for hydroxylation is 1. The van der Waals surface area contributed by atoms with Crippen LogP contribution in [0.15, 0.2) is 30.9 Å². The monoisotopic (exact) mass is 335 g/mol. The van der Waals surface area contributed by atoms with E-state index in [1.165, 1.54) is 5.56 Å². The van der Waals surface area contributed by atoms with Gasteiger partial charge in [0, 0.05) is 42.3 Å². The molecule has 0 aliphatic rings. The van der Waals surface area contributed by atoms with E-state index in [9.17, 15) is 0 Å². The highest BCUT2D eigenvalue weighted by molar-refractivity contribution is 5.94. The molecule has 0 aromatic carbocycles. The standard InChI is InChI=1S/C20H25N5/c1-13-6-7-21-9-15(13)8-14(2)16-10-22-18-17(16)11-23-19(25-18)24-12-20(3,4)5/h6-11H,12H2,1-5H3,(H2,22,23,24,25)/b14-8+. The van der Waals surface area contributed by atoms with Crippen molar-refractivity contribution in [3.63, 3.8) is 0 Å². The molecule has 0 aliphatic heterocycles. The van der Waals surface area contributed by atoms with E-state index in [4.69, 9.17) is 0 Å². The van der Waals surface area contributed by atoms with Gasteiger partial charge in [-0.3, -0.25) is 4.98 Å². The lowest BCUT2D eigenvalue weighted by Gasteiger charge is -2.18. The Kier molecular flexibility index (Phi) is 4.57. The van der Waals surface area contributed by atoms with Crippen LogP contribution in [0.1, 0.15) is 44.4 Å². The highest BCUT2D eigenvalue weighted by Gasteiger charge is 2.12. The van der Waals surface area contributed by atoms with E-state index >= 15 is 0 Å². The van der Waals surface area contributed by atoms with Crippen LogP contribution in [0.5, 0.6) is 0 Å². The first kappa shape index (κ1) is 17.1. The summed E-state index contributed by atoms with van der Waals surface area (Å²) in [4.78, 5) is 16.5. The number of nitrogens with zero attached hydrogens (tertiary/aromatic N) is 3. The van der Waals surface area contributed by atoms with Gasteiger partial charge in [0.2, 0.25) is 5.95 Å². The first-order chi connectivity index (χ1) is 11.8. The molecule has 0 bridgehead atoms. The maximum atomic E-state index is 4.59. The van der Waals surface area contributed by atoms with Crippen molar-refractivity contribution in [3.8, 4) is 0 Å². The van der Waals surface area contributed by atoms with Gasteiger partial charge in [-0.1, -0.05) is 20.8 Å².